The number of hydrogen-bond acceptors (Lipinski definition) is 3. The summed E-state index contributed by atoms with van der Waals surface area (Å²) in [6.45, 7) is 0.378. The molecule has 0 amide bonds. The molecular weight excluding hydrogens is 327 g/mol. The first-order chi connectivity index (χ1) is 8.16. The SMILES string of the molecule is Clc1cc(OCc2ccccc2Br)c(Cl)nn1. The first-order valence-corrected chi connectivity index (χ1v) is 6.26. The molecule has 0 aliphatic heterocycles. The topological polar surface area (TPSA) is 35.0 Å². The zero-order chi connectivity index (χ0) is 12.3. The maximum atomic E-state index is 5.83. The van der Waals surface area contributed by atoms with E-state index in [2.05, 4.69) is 26.1 Å². The summed E-state index contributed by atoms with van der Waals surface area (Å²) < 4.78 is 6.51. The molecule has 1 aromatic heterocycles. The standard InChI is InChI=1S/C11H7BrCl2N2O/c12-8-4-2-1-3-7(8)6-17-9-5-10(13)15-16-11(9)14/h1-5H,6H2. The number of aromatic nitrogens is 2. The number of hydrogen-bond donors (Lipinski definition) is 0. The Morgan fingerprint density at radius 1 is 1.18 bits per heavy atom. The van der Waals surface area contributed by atoms with Gasteiger partial charge >= 0.3 is 0 Å². The van der Waals surface area contributed by atoms with Crippen molar-refractivity contribution in [3.63, 3.8) is 0 Å². The molecule has 3 nitrogen and oxygen atoms in total. The third-order valence-corrected chi connectivity index (χ3v) is 3.25. The summed E-state index contributed by atoms with van der Waals surface area (Å²) in [6.07, 6.45) is 0. The number of nitrogens with zero attached hydrogens (tertiary/aromatic N) is 2. The quantitative estimate of drug-likeness (QED) is 0.847. The molecule has 6 heteroatoms. The van der Waals surface area contributed by atoms with Crippen molar-refractivity contribution in [1.29, 1.82) is 0 Å². The van der Waals surface area contributed by atoms with Crippen LogP contribution in [-0.4, -0.2) is 10.2 Å². The molecule has 0 saturated carbocycles. The van der Waals surface area contributed by atoms with Gasteiger partial charge in [0.1, 0.15) is 6.61 Å². The smallest absolute Gasteiger partial charge is 0.193 e. The van der Waals surface area contributed by atoms with E-state index in [0.29, 0.717) is 12.4 Å². The van der Waals surface area contributed by atoms with Gasteiger partial charge < -0.3 is 4.74 Å². The lowest BCUT2D eigenvalue weighted by Gasteiger charge is -2.08. The molecule has 1 heterocycles. The third kappa shape index (κ3) is 3.31. The average Bonchev–Trinajstić information content (AvgIpc) is 2.32. The van der Waals surface area contributed by atoms with Gasteiger partial charge in [0.15, 0.2) is 16.1 Å². The number of halogens is 3. The molecule has 0 aliphatic rings. The van der Waals surface area contributed by atoms with Gasteiger partial charge in [0, 0.05) is 16.1 Å². The van der Waals surface area contributed by atoms with Crippen LogP contribution in [0.2, 0.25) is 10.3 Å². The average molecular weight is 334 g/mol. The Kier molecular flexibility index (Phi) is 4.20. The zero-order valence-electron chi connectivity index (χ0n) is 8.53. The van der Waals surface area contributed by atoms with Crippen LogP contribution >= 0.6 is 39.1 Å². The Hall–Kier alpha value is -0.840. The van der Waals surface area contributed by atoms with E-state index in [1.807, 2.05) is 24.3 Å². The molecule has 2 aromatic rings. The summed E-state index contributed by atoms with van der Waals surface area (Å²) in [7, 11) is 0. The second-order valence-corrected chi connectivity index (χ2v) is 4.80. The highest BCUT2D eigenvalue weighted by atomic mass is 79.9. The molecule has 2 rings (SSSR count). The second-order valence-electron chi connectivity index (χ2n) is 3.20. The molecule has 0 N–H and O–H groups in total. The Labute approximate surface area is 117 Å². The van der Waals surface area contributed by atoms with Crippen molar-refractivity contribution in [1.82, 2.24) is 10.2 Å². The van der Waals surface area contributed by atoms with Crippen molar-refractivity contribution >= 4 is 39.1 Å². The largest absolute Gasteiger partial charge is 0.485 e. The maximum Gasteiger partial charge on any atom is 0.193 e. The highest BCUT2D eigenvalue weighted by Gasteiger charge is 2.06. The van der Waals surface area contributed by atoms with Gasteiger partial charge in [-0.25, -0.2) is 0 Å². The Bertz CT molecular complexity index is 537. The predicted molar refractivity (Wildman–Crippen MR) is 70.5 cm³/mol. The number of benzene rings is 1. The fraction of sp³-hybridized carbons (Fsp3) is 0.0909. The molecule has 0 aliphatic carbocycles. The Balaban J connectivity index is 2.12. The fourth-order valence-electron chi connectivity index (χ4n) is 1.21. The lowest BCUT2D eigenvalue weighted by Crippen LogP contribution is -1.98. The minimum Gasteiger partial charge on any atom is -0.485 e. The minimum atomic E-state index is 0.196. The molecule has 0 saturated heterocycles. The van der Waals surface area contributed by atoms with Crippen molar-refractivity contribution in [2.75, 3.05) is 0 Å². The van der Waals surface area contributed by atoms with Crippen LogP contribution in [0.25, 0.3) is 0 Å². The van der Waals surface area contributed by atoms with Crippen molar-refractivity contribution in [3.05, 3.63) is 50.7 Å². The molecule has 0 radical (unpaired) electrons. The summed E-state index contributed by atoms with van der Waals surface area (Å²) >= 11 is 15.0. The molecule has 0 unspecified atom stereocenters. The van der Waals surface area contributed by atoms with Crippen LogP contribution in [0, 0.1) is 0 Å². The minimum absolute atomic E-state index is 0.196. The van der Waals surface area contributed by atoms with E-state index in [9.17, 15) is 0 Å². The van der Waals surface area contributed by atoms with E-state index in [4.69, 9.17) is 27.9 Å². The van der Waals surface area contributed by atoms with E-state index >= 15 is 0 Å². The normalized spacial score (nSPS) is 10.3. The van der Waals surface area contributed by atoms with Gasteiger partial charge in [-0.3, -0.25) is 0 Å². The van der Waals surface area contributed by atoms with Gasteiger partial charge in [-0.2, -0.15) is 0 Å². The van der Waals surface area contributed by atoms with Crippen molar-refractivity contribution < 1.29 is 4.74 Å². The summed E-state index contributed by atoms with van der Waals surface area (Å²) in [5.74, 6) is 0.419. The van der Waals surface area contributed by atoms with Gasteiger partial charge in [0.25, 0.3) is 0 Å². The molecule has 0 spiro atoms. The lowest BCUT2D eigenvalue weighted by molar-refractivity contribution is 0.304. The van der Waals surface area contributed by atoms with Gasteiger partial charge in [0.2, 0.25) is 0 Å². The highest BCUT2D eigenvalue weighted by molar-refractivity contribution is 9.10. The van der Waals surface area contributed by atoms with Crippen LogP contribution in [0.1, 0.15) is 5.56 Å². The Morgan fingerprint density at radius 2 is 1.94 bits per heavy atom. The van der Waals surface area contributed by atoms with E-state index in [-0.39, 0.29) is 10.3 Å². The highest BCUT2D eigenvalue weighted by Crippen LogP contribution is 2.25. The van der Waals surface area contributed by atoms with Crippen molar-refractivity contribution in [2.45, 2.75) is 6.61 Å². The van der Waals surface area contributed by atoms with Gasteiger partial charge in [-0.15, -0.1) is 10.2 Å². The van der Waals surface area contributed by atoms with E-state index in [1.54, 1.807) is 0 Å². The molecule has 0 atom stereocenters. The molecule has 17 heavy (non-hydrogen) atoms. The first-order valence-electron chi connectivity index (χ1n) is 4.72. The van der Waals surface area contributed by atoms with Crippen LogP contribution in [0.5, 0.6) is 5.75 Å². The number of ether oxygens (including phenoxy) is 1. The lowest BCUT2D eigenvalue weighted by atomic mass is 10.2. The second kappa shape index (κ2) is 5.67. The summed E-state index contributed by atoms with van der Waals surface area (Å²) in [4.78, 5) is 0. The van der Waals surface area contributed by atoms with Gasteiger partial charge in [0.05, 0.1) is 0 Å². The fourth-order valence-corrected chi connectivity index (χ4v) is 1.89. The van der Waals surface area contributed by atoms with Crippen LogP contribution < -0.4 is 4.74 Å². The third-order valence-electron chi connectivity index (χ3n) is 2.03. The van der Waals surface area contributed by atoms with Crippen molar-refractivity contribution in [2.24, 2.45) is 0 Å². The molecule has 0 fully saturated rings. The van der Waals surface area contributed by atoms with E-state index in [1.165, 1.54) is 6.07 Å². The zero-order valence-corrected chi connectivity index (χ0v) is 11.6. The van der Waals surface area contributed by atoms with Crippen LogP contribution in [-0.2, 0) is 6.61 Å². The monoisotopic (exact) mass is 332 g/mol. The predicted octanol–water partition coefficient (Wildman–Crippen LogP) is 4.12. The van der Waals surface area contributed by atoms with Crippen LogP contribution in [0.4, 0.5) is 0 Å². The number of rotatable bonds is 3. The van der Waals surface area contributed by atoms with Gasteiger partial charge in [-0.1, -0.05) is 57.3 Å². The summed E-state index contributed by atoms with van der Waals surface area (Å²) in [5, 5.41) is 7.71. The molecule has 88 valence electrons. The Morgan fingerprint density at radius 3 is 2.71 bits per heavy atom. The molecule has 1 aromatic carbocycles. The molecule has 0 bridgehead atoms. The van der Waals surface area contributed by atoms with E-state index in [0.717, 1.165) is 10.0 Å². The van der Waals surface area contributed by atoms with Crippen molar-refractivity contribution in [3.8, 4) is 5.75 Å². The summed E-state index contributed by atoms with van der Waals surface area (Å²) in [5.41, 5.74) is 1.01. The summed E-state index contributed by atoms with van der Waals surface area (Å²) in [6, 6.07) is 9.30. The molecular formula is C11H7BrCl2N2O. The van der Waals surface area contributed by atoms with E-state index < -0.39 is 0 Å². The van der Waals surface area contributed by atoms with Crippen LogP contribution in [0.15, 0.2) is 34.8 Å². The van der Waals surface area contributed by atoms with Crippen LogP contribution in [0.3, 0.4) is 0 Å². The first kappa shape index (κ1) is 12.6. The maximum absolute atomic E-state index is 5.83. The van der Waals surface area contributed by atoms with Gasteiger partial charge in [-0.05, 0) is 6.07 Å².